The molecule has 20 heavy (non-hydrogen) atoms. The molecule has 1 amide bonds. The summed E-state index contributed by atoms with van der Waals surface area (Å²) in [4.78, 5) is 11.9. The Bertz CT molecular complexity index is 502. The lowest BCUT2D eigenvalue weighted by molar-refractivity contribution is -0.138. The Morgan fingerprint density at radius 3 is 2.55 bits per heavy atom. The number of ether oxygens (including phenoxy) is 1. The van der Waals surface area contributed by atoms with E-state index in [4.69, 9.17) is 4.74 Å². The fraction of sp³-hybridized carbons (Fsp3) is 0.417. The van der Waals surface area contributed by atoms with Crippen molar-refractivity contribution in [3.05, 3.63) is 33.8 Å². The van der Waals surface area contributed by atoms with Crippen LogP contribution in [0.1, 0.15) is 15.9 Å². The predicted molar refractivity (Wildman–Crippen MR) is 69.0 cm³/mol. The Morgan fingerprint density at radius 2 is 1.95 bits per heavy atom. The molecule has 0 radical (unpaired) electrons. The molecule has 0 aliphatic carbocycles. The van der Waals surface area contributed by atoms with Crippen molar-refractivity contribution in [3.8, 4) is 0 Å². The number of rotatable bonds is 2. The third-order valence-electron chi connectivity index (χ3n) is 2.80. The van der Waals surface area contributed by atoms with Crippen LogP contribution in [-0.4, -0.2) is 37.2 Å². The summed E-state index contributed by atoms with van der Waals surface area (Å²) < 4.78 is 43.3. The molecule has 1 aliphatic heterocycles. The molecular weight excluding hydrogens is 341 g/mol. The molecule has 0 bridgehead atoms. The van der Waals surface area contributed by atoms with Crippen LogP contribution in [0.5, 0.6) is 0 Å². The lowest BCUT2D eigenvalue weighted by Crippen LogP contribution is -2.48. The van der Waals surface area contributed by atoms with Gasteiger partial charge < -0.3 is 4.74 Å². The molecule has 1 aromatic carbocycles. The second-order valence-electron chi connectivity index (χ2n) is 4.23. The van der Waals surface area contributed by atoms with Crippen LogP contribution in [0, 0.1) is 0 Å². The number of morpholine rings is 1. The first kappa shape index (κ1) is 15.3. The highest BCUT2D eigenvalue weighted by Gasteiger charge is 2.33. The van der Waals surface area contributed by atoms with Gasteiger partial charge in [0, 0.05) is 23.1 Å². The minimum absolute atomic E-state index is 0.0352. The fourth-order valence-corrected chi connectivity index (χ4v) is 2.24. The summed E-state index contributed by atoms with van der Waals surface area (Å²) in [5.41, 5.74) is 1.66. The van der Waals surface area contributed by atoms with Crippen molar-refractivity contribution < 1.29 is 22.7 Å². The number of nitrogens with zero attached hydrogens (tertiary/aromatic N) is 1. The van der Waals surface area contributed by atoms with Crippen molar-refractivity contribution in [2.75, 3.05) is 26.3 Å². The number of hydrazine groups is 1. The van der Waals surface area contributed by atoms with E-state index in [0.29, 0.717) is 26.3 Å². The quantitative estimate of drug-likeness (QED) is 0.888. The third kappa shape index (κ3) is 3.71. The largest absolute Gasteiger partial charge is 0.417 e. The van der Waals surface area contributed by atoms with Crippen LogP contribution in [0.3, 0.4) is 0 Å². The summed E-state index contributed by atoms with van der Waals surface area (Å²) in [5, 5.41) is 1.63. The minimum Gasteiger partial charge on any atom is -0.379 e. The number of carbonyl (C=O) groups excluding carboxylic acids is 1. The molecule has 1 fully saturated rings. The van der Waals surface area contributed by atoms with Gasteiger partial charge in [-0.15, -0.1) is 0 Å². The molecule has 1 N–H and O–H groups in total. The smallest absolute Gasteiger partial charge is 0.379 e. The Labute approximate surface area is 122 Å². The maximum absolute atomic E-state index is 12.8. The van der Waals surface area contributed by atoms with Gasteiger partial charge in [-0.2, -0.15) is 13.2 Å². The molecule has 0 atom stereocenters. The Kier molecular flexibility index (Phi) is 4.66. The molecule has 2 rings (SSSR count). The number of benzene rings is 1. The minimum atomic E-state index is -4.51. The van der Waals surface area contributed by atoms with Crippen LogP contribution in [0.25, 0.3) is 0 Å². The fourth-order valence-electron chi connectivity index (χ4n) is 1.77. The van der Waals surface area contributed by atoms with Crippen LogP contribution in [0.15, 0.2) is 22.7 Å². The average molecular weight is 353 g/mol. The van der Waals surface area contributed by atoms with Crippen molar-refractivity contribution in [1.82, 2.24) is 10.4 Å². The molecule has 1 heterocycles. The monoisotopic (exact) mass is 352 g/mol. The standard InChI is InChI=1S/C12H12BrF3N2O2/c13-10-2-1-8(7-9(10)12(14,15)16)11(19)17-18-3-5-20-6-4-18/h1-2,7H,3-6H2,(H,17,19). The second-order valence-corrected chi connectivity index (χ2v) is 5.09. The molecule has 1 aliphatic rings. The van der Waals surface area contributed by atoms with Gasteiger partial charge in [-0.05, 0) is 18.2 Å². The van der Waals surface area contributed by atoms with E-state index in [-0.39, 0.29) is 10.0 Å². The van der Waals surface area contributed by atoms with E-state index in [9.17, 15) is 18.0 Å². The van der Waals surface area contributed by atoms with E-state index in [1.807, 2.05) is 0 Å². The van der Waals surface area contributed by atoms with Gasteiger partial charge in [0.15, 0.2) is 0 Å². The molecule has 4 nitrogen and oxygen atoms in total. The average Bonchev–Trinajstić information content (AvgIpc) is 2.39. The lowest BCUT2D eigenvalue weighted by Gasteiger charge is -2.27. The predicted octanol–water partition coefficient (Wildman–Crippen LogP) is 2.44. The van der Waals surface area contributed by atoms with E-state index in [1.165, 1.54) is 12.1 Å². The van der Waals surface area contributed by atoms with Gasteiger partial charge in [0.25, 0.3) is 5.91 Å². The van der Waals surface area contributed by atoms with Crippen molar-refractivity contribution in [1.29, 1.82) is 0 Å². The van der Waals surface area contributed by atoms with Gasteiger partial charge in [-0.1, -0.05) is 15.9 Å². The number of amides is 1. The van der Waals surface area contributed by atoms with E-state index >= 15 is 0 Å². The van der Waals surface area contributed by atoms with Crippen molar-refractivity contribution in [2.24, 2.45) is 0 Å². The summed E-state index contributed by atoms with van der Waals surface area (Å²) in [6.45, 7) is 1.98. The second kappa shape index (κ2) is 6.11. The van der Waals surface area contributed by atoms with Crippen LogP contribution in [-0.2, 0) is 10.9 Å². The van der Waals surface area contributed by atoms with Gasteiger partial charge >= 0.3 is 6.18 Å². The molecule has 0 saturated carbocycles. The number of hydrogen-bond donors (Lipinski definition) is 1. The maximum Gasteiger partial charge on any atom is 0.417 e. The molecule has 0 spiro atoms. The van der Waals surface area contributed by atoms with Gasteiger partial charge in [0.2, 0.25) is 0 Å². The van der Waals surface area contributed by atoms with Crippen molar-refractivity contribution >= 4 is 21.8 Å². The zero-order valence-corrected chi connectivity index (χ0v) is 11.9. The highest BCUT2D eigenvalue weighted by molar-refractivity contribution is 9.10. The molecule has 0 aromatic heterocycles. The Morgan fingerprint density at radius 1 is 1.30 bits per heavy atom. The molecule has 0 unspecified atom stereocenters. The van der Waals surface area contributed by atoms with Crippen LogP contribution < -0.4 is 5.43 Å². The van der Waals surface area contributed by atoms with E-state index in [2.05, 4.69) is 21.4 Å². The van der Waals surface area contributed by atoms with Crippen LogP contribution >= 0.6 is 15.9 Å². The highest BCUT2D eigenvalue weighted by Crippen LogP contribution is 2.35. The molecular formula is C12H12BrF3N2O2. The van der Waals surface area contributed by atoms with Gasteiger partial charge in [0.1, 0.15) is 0 Å². The molecule has 110 valence electrons. The lowest BCUT2D eigenvalue weighted by atomic mass is 10.1. The highest BCUT2D eigenvalue weighted by atomic mass is 79.9. The first-order valence-corrected chi connectivity index (χ1v) is 6.67. The topological polar surface area (TPSA) is 41.6 Å². The normalized spacial score (nSPS) is 17.0. The van der Waals surface area contributed by atoms with Crippen LogP contribution in [0.4, 0.5) is 13.2 Å². The van der Waals surface area contributed by atoms with Crippen LogP contribution in [0.2, 0.25) is 0 Å². The van der Waals surface area contributed by atoms with E-state index < -0.39 is 17.6 Å². The summed E-state index contributed by atoms with van der Waals surface area (Å²) in [5.74, 6) is -0.565. The molecule has 1 aromatic rings. The Balaban J connectivity index is 2.13. The molecule has 8 heteroatoms. The number of alkyl halides is 3. The van der Waals surface area contributed by atoms with E-state index in [1.54, 1.807) is 5.01 Å². The van der Waals surface area contributed by atoms with Gasteiger partial charge in [0.05, 0.1) is 18.8 Å². The number of halogens is 4. The SMILES string of the molecule is O=C(NN1CCOCC1)c1ccc(Br)c(C(F)(F)F)c1. The first-order chi connectivity index (χ1) is 9.38. The van der Waals surface area contributed by atoms with Crippen molar-refractivity contribution in [3.63, 3.8) is 0 Å². The summed E-state index contributed by atoms with van der Waals surface area (Å²) >= 11 is 2.84. The Hall–Kier alpha value is -1.12. The van der Waals surface area contributed by atoms with Crippen molar-refractivity contribution in [2.45, 2.75) is 6.18 Å². The van der Waals surface area contributed by atoms with Gasteiger partial charge in [-0.3, -0.25) is 10.2 Å². The summed E-state index contributed by atoms with van der Waals surface area (Å²) in [6.07, 6.45) is -4.51. The van der Waals surface area contributed by atoms with Gasteiger partial charge in [-0.25, -0.2) is 5.01 Å². The number of hydrogen-bond acceptors (Lipinski definition) is 3. The van der Waals surface area contributed by atoms with E-state index in [0.717, 1.165) is 6.07 Å². The molecule has 1 saturated heterocycles. The summed E-state index contributed by atoms with van der Waals surface area (Å²) in [6, 6.07) is 3.39. The number of carbonyl (C=O) groups is 1. The summed E-state index contributed by atoms with van der Waals surface area (Å²) in [7, 11) is 0. The maximum atomic E-state index is 12.8. The zero-order valence-electron chi connectivity index (χ0n) is 10.3. The number of nitrogens with one attached hydrogen (secondary N) is 1. The first-order valence-electron chi connectivity index (χ1n) is 5.88. The third-order valence-corrected chi connectivity index (χ3v) is 3.50. The zero-order chi connectivity index (χ0) is 14.8.